The maximum atomic E-state index is 12.1. The predicted octanol–water partition coefficient (Wildman–Crippen LogP) is 3.06. The zero-order valence-electron chi connectivity index (χ0n) is 15.8. The minimum atomic E-state index is -0.545. The number of primary amides is 1. The number of nitrogens with two attached hydrogens (primary N) is 1. The highest BCUT2D eigenvalue weighted by molar-refractivity contribution is 5.93. The van der Waals surface area contributed by atoms with Gasteiger partial charge in [-0.3, -0.25) is 9.59 Å². The van der Waals surface area contributed by atoms with Crippen LogP contribution < -0.4 is 20.5 Å². The average molecular weight is 390 g/mol. The van der Waals surface area contributed by atoms with Crippen molar-refractivity contribution in [2.75, 3.05) is 6.61 Å². The highest BCUT2D eigenvalue weighted by Crippen LogP contribution is 2.14. The van der Waals surface area contributed by atoms with Crippen LogP contribution in [0.5, 0.6) is 11.5 Å². The summed E-state index contributed by atoms with van der Waals surface area (Å²) < 4.78 is 11.2. The number of para-hydroxylation sites is 1. The molecule has 0 aliphatic rings. The molecule has 3 rings (SSSR count). The molecule has 0 saturated carbocycles. The van der Waals surface area contributed by atoms with E-state index < -0.39 is 5.91 Å². The van der Waals surface area contributed by atoms with E-state index in [9.17, 15) is 9.59 Å². The highest BCUT2D eigenvalue weighted by Gasteiger charge is 2.06. The van der Waals surface area contributed by atoms with E-state index >= 15 is 0 Å². The third-order valence-corrected chi connectivity index (χ3v) is 4.12. The van der Waals surface area contributed by atoms with E-state index in [4.69, 9.17) is 15.2 Å². The molecule has 0 heterocycles. The van der Waals surface area contributed by atoms with Gasteiger partial charge in [0, 0.05) is 12.1 Å². The summed E-state index contributed by atoms with van der Waals surface area (Å²) in [6.07, 6.45) is 0. The summed E-state index contributed by atoms with van der Waals surface area (Å²) in [5, 5.41) is 2.81. The van der Waals surface area contributed by atoms with Crippen LogP contribution in [-0.4, -0.2) is 18.4 Å². The van der Waals surface area contributed by atoms with E-state index in [2.05, 4.69) is 5.32 Å². The molecular formula is C23H22N2O4. The molecule has 148 valence electrons. The molecule has 0 fully saturated rings. The maximum Gasteiger partial charge on any atom is 0.258 e. The fourth-order valence-corrected chi connectivity index (χ4v) is 2.65. The first-order chi connectivity index (χ1) is 14.1. The Balaban J connectivity index is 1.46. The van der Waals surface area contributed by atoms with Crippen LogP contribution in [0.2, 0.25) is 0 Å². The molecule has 6 heteroatoms. The third kappa shape index (κ3) is 6.39. The third-order valence-electron chi connectivity index (χ3n) is 4.12. The van der Waals surface area contributed by atoms with Crippen molar-refractivity contribution in [2.45, 2.75) is 13.2 Å². The average Bonchev–Trinajstić information content (AvgIpc) is 2.76. The number of amides is 2. The summed E-state index contributed by atoms with van der Waals surface area (Å²) in [4.78, 5) is 23.2. The van der Waals surface area contributed by atoms with Crippen molar-refractivity contribution in [3.05, 3.63) is 95.6 Å². The molecule has 6 nitrogen and oxygen atoms in total. The number of carbonyl (C=O) groups excluding carboxylic acids is 2. The maximum absolute atomic E-state index is 12.1. The van der Waals surface area contributed by atoms with Crippen LogP contribution in [0.3, 0.4) is 0 Å². The fraction of sp³-hybridized carbons (Fsp3) is 0.130. The summed E-state index contributed by atoms with van der Waals surface area (Å²) >= 11 is 0. The Bertz CT molecular complexity index is 973. The molecule has 3 aromatic rings. The van der Waals surface area contributed by atoms with E-state index in [0.29, 0.717) is 24.5 Å². The van der Waals surface area contributed by atoms with Gasteiger partial charge in [0.25, 0.3) is 5.91 Å². The predicted molar refractivity (Wildman–Crippen MR) is 110 cm³/mol. The van der Waals surface area contributed by atoms with E-state index in [0.717, 1.165) is 16.9 Å². The number of hydrogen-bond acceptors (Lipinski definition) is 4. The molecule has 0 spiro atoms. The molecule has 0 aromatic heterocycles. The van der Waals surface area contributed by atoms with Crippen molar-refractivity contribution in [1.29, 1.82) is 0 Å². The molecule has 2 amide bonds. The SMILES string of the molecule is NC(=O)c1cccc(OCC(=O)NCc2cccc(COc3ccccc3)c2)c1. The lowest BCUT2D eigenvalue weighted by molar-refractivity contribution is -0.123. The van der Waals surface area contributed by atoms with Crippen molar-refractivity contribution >= 4 is 11.8 Å². The van der Waals surface area contributed by atoms with Crippen molar-refractivity contribution in [2.24, 2.45) is 5.73 Å². The van der Waals surface area contributed by atoms with Crippen LogP contribution in [0.1, 0.15) is 21.5 Å². The minimum Gasteiger partial charge on any atom is -0.489 e. The summed E-state index contributed by atoms with van der Waals surface area (Å²) in [5.41, 5.74) is 7.54. The van der Waals surface area contributed by atoms with Crippen LogP contribution in [0.15, 0.2) is 78.9 Å². The topological polar surface area (TPSA) is 90.7 Å². The van der Waals surface area contributed by atoms with Gasteiger partial charge in [0.05, 0.1) is 0 Å². The van der Waals surface area contributed by atoms with Gasteiger partial charge in [0.2, 0.25) is 5.91 Å². The van der Waals surface area contributed by atoms with Crippen LogP contribution in [0.25, 0.3) is 0 Å². The van der Waals surface area contributed by atoms with Gasteiger partial charge < -0.3 is 20.5 Å². The highest BCUT2D eigenvalue weighted by atomic mass is 16.5. The Hall–Kier alpha value is -3.80. The van der Waals surface area contributed by atoms with Crippen molar-refractivity contribution in [3.63, 3.8) is 0 Å². The monoisotopic (exact) mass is 390 g/mol. The van der Waals surface area contributed by atoms with Crippen LogP contribution in [0, 0.1) is 0 Å². The molecule has 0 atom stereocenters. The van der Waals surface area contributed by atoms with Crippen molar-refractivity contribution in [3.8, 4) is 11.5 Å². The van der Waals surface area contributed by atoms with Gasteiger partial charge in [-0.05, 0) is 41.5 Å². The van der Waals surface area contributed by atoms with Gasteiger partial charge in [-0.25, -0.2) is 0 Å². The zero-order valence-corrected chi connectivity index (χ0v) is 15.8. The van der Waals surface area contributed by atoms with E-state index in [1.807, 2.05) is 54.6 Å². The van der Waals surface area contributed by atoms with Gasteiger partial charge in [-0.1, -0.05) is 48.5 Å². The lowest BCUT2D eigenvalue weighted by Crippen LogP contribution is -2.28. The van der Waals surface area contributed by atoms with Gasteiger partial charge in [0.1, 0.15) is 18.1 Å². The second kappa shape index (κ2) is 9.94. The lowest BCUT2D eigenvalue weighted by atomic mass is 10.1. The van der Waals surface area contributed by atoms with E-state index in [1.165, 1.54) is 6.07 Å². The number of benzene rings is 3. The van der Waals surface area contributed by atoms with Gasteiger partial charge in [0.15, 0.2) is 6.61 Å². The van der Waals surface area contributed by atoms with Crippen LogP contribution in [0.4, 0.5) is 0 Å². The Morgan fingerprint density at radius 2 is 1.52 bits per heavy atom. The van der Waals surface area contributed by atoms with Gasteiger partial charge in [-0.15, -0.1) is 0 Å². The Labute approximate surface area is 169 Å². The number of ether oxygens (including phenoxy) is 2. The standard InChI is InChI=1S/C23H22N2O4/c24-23(27)19-8-5-11-21(13-19)29-16-22(26)25-14-17-6-4-7-18(12-17)15-28-20-9-2-1-3-10-20/h1-13H,14-16H2,(H2,24,27)(H,25,26). The largest absolute Gasteiger partial charge is 0.489 e. The number of rotatable bonds is 9. The summed E-state index contributed by atoms with van der Waals surface area (Å²) in [6, 6.07) is 23.8. The van der Waals surface area contributed by atoms with Crippen LogP contribution >= 0.6 is 0 Å². The van der Waals surface area contributed by atoms with E-state index in [-0.39, 0.29) is 12.5 Å². The minimum absolute atomic E-state index is 0.154. The molecule has 3 aromatic carbocycles. The van der Waals surface area contributed by atoms with Crippen molar-refractivity contribution < 1.29 is 19.1 Å². The second-order valence-corrected chi connectivity index (χ2v) is 6.38. The number of hydrogen-bond donors (Lipinski definition) is 2. The molecule has 0 saturated heterocycles. The summed E-state index contributed by atoms with van der Waals surface area (Å²) in [5.74, 6) is 0.414. The molecule has 3 N–H and O–H groups in total. The normalized spacial score (nSPS) is 10.2. The number of carbonyl (C=O) groups is 2. The first kappa shape index (κ1) is 19.9. The smallest absolute Gasteiger partial charge is 0.258 e. The molecule has 0 aliphatic carbocycles. The molecule has 0 aliphatic heterocycles. The first-order valence-corrected chi connectivity index (χ1v) is 9.15. The van der Waals surface area contributed by atoms with Crippen LogP contribution in [-0.2, 0) is 17.9 Å². The molecule has 29 heavy (non-hydrogen) atoms. The Kier molecular flexibility index (Phi) is 6.84. The summed E-state index contributed by atoms with van der Waals surface area (Å²) in [7, 11) is 0. The van der Waals surface area contributed by atoms with Gasteiger partial charge in [-0.2, -0.15) is 0 Å². The first-order valence-electron chi connectivity index (χ1n) is 9.15. The zero-order chi connectivity index (χ0) is 20.5. The molecular weight excluding hydrogens is 368 g/mol. The Morgan fingerprint density at radius 1 is 0.793 bits per heavy atom. The van der Waals surface area contributed by atoms with Crippen molar-refractivity contribution in [1.82, 2.24) is 5.32 Å². The van der Waals surface area contributed by atoms with Gasteiger partial charge >= 0.3 is 0 Å². The quantitative estimate of drug-likeness (QED) is 0.588. The molecule has 0 radical (unpaired) electrons. The Morgan fingerprint density at radius 3 is 2.31 bits per heavy atom. The second-order valence-electron chi connectivity index (χ2n) is 6.38. The fourth-order valence-electron chi connectivity index (χ4n) is 2.65. The van der Waals surface area contributed by atoms with E-state index in [1.54, 1.807) is 18.2 Å². The molecule has 0 unspecified atom stereocenters. The number of nitrogens with one attached hydrogen (secondary N) is 1. The summed E-state index contributed by atoms with van der Waals surface area (Å²) in [6.45, 7) is 0.673. The molecule has 0 bridgehead atoms. The lowest BCUT2D eigenvalue weighted by Gasteiger charge is -2.10.